The van der Waals surface area contributed by atoms with E-state index in [1.165, 1.54) is 11.0 Å². The molecule has 0 saturated carbocycles. The van der Waals surface area contributed by atoms with Gasteiger partial charge in [-0.15, -0.1) is 0 Å². The van der Waals surface area contributed by atoms with Crippen molar-refractivity contribution in [2.45, 2.75) is 33.4 Å². The molecule has 2 aromatic rings. The fourth-order valence-corrected chi connectivity index (χ4v) is 4.18. The summed E-state index contributed by atoms with van der Waals surface area (Å²) < 4.78 is 26.0. The smallest absolute Gasteiger partial charge is 0.244 e. The largest absolute Gasteiger partial charge is 0.355 e. The Hall–Kier alpha value is -2.29. The monoisotopic (exact) mass is 499 g/mol. The first-order valence-electron chi connectivity index (χ1n) is 9.99. The van der Waals surface area contributed by atoms with Gasteiger partial charge in [-0.05, 0) is 56.2 Å². The molecule has 1 atom stereocenters. The highest BCUT2D eigenvalue weighted by Gasteiger charge is 2.30. The number of anilines is 1. The molecule has 1 N–H and O–H groups in total. The number of benzene rings is 2. The fourth-order valence-electron chi connectivity index (χ4n) is 3.04. The van der Waals surface area contributed by atoms with Crippen molar-refractivity contribution in [2.24, 2.45) is 0 Å². The van der Waals surface area contributed by atoms with E-state index in [4.69, 9.17) is 23.2 Å². The molecule has 2 aromatic carbocycles. The van der Waals surface area contributed by atoms with E-state index < -0.39 is 28.5 Å². The first-order valence-corrected chi connectivity index (χ1v) is 12.6. The molecule has 0 bridgehead atoms. The van der Waals surface area contributed by atoms with Gasteiger partial charge in [-0.2, -0.15) is 0 Å². The Labute approximate surface area is 199 Å². The Morgan fingerprint density at radius 3 is 2.25 bits per heavy atom. The van der Waals surface area contributed by atoms with Crippen LogP contribution in [-0.2, 0) is 26.2 Å². The number of nitrogens with one attached hydrogen (secondary N) is 1. The number of halogens is 2. The summed E-state index contributed by atoms with van der Waals surface area (Å²) in [6, 6.07) is 10.8. The lowest BCUT2D eigenvalue weighted by Gasteiger charge is -2.31. The molecule has 0 spiro atoms. The van der Waals surface area contributed by atoms with Crippen LogP contribution in [0.1, 0.15) is 25.0 Å². The van der Waals surface area contributed by atoms with E-state index in [1.54, 1.807) is 57.2 Å². The number of hydrogen-bond acceptors (Lipinski definition) is 4. The molecule has 0 heterocycles. The number of carbonyl (C=O) groups is 2. The maximum atomic E-state index is 13.3. The van der Waals surface area contributed by atoms with Crippen LogP contribution < -0.4 is 9.62 Å². The van der Waals surface area contributed by atoms with E-state index in [0.29, 0.717) is 16.6 Å². The Morgan fingerprint density at radius 2 is 1.72 bits per heavy atom. The van der Waals surface area contributed by atoms with E-state index in [1.807, 2.05) is 0 Å². The predicted molar refractivity (Wildman–Crippen MR) is 129 cm³/mol. The summed E-state index contributed by atoms with van der Waals surface area (Å²) in [7, 11) is -3.80. The van der Waals surface area contributed by atoms with Crippen molar-refractivity contribution < 1.29 is 18.0 Å². The first kappa shape index (κ1) is 26.0. The van der Waals surface area contributed by atoms with Gasteiger partial charge in [0.2, 0.25) is 21.8 Å². The van der Waals surface area contributed by atoms with Gasteiger partial charge in [0.05, 0.1) is 11.9 Å². The SMILES string of the molecule is CCNC(=O)C(C)N(Cc1ccc(Cl)cc1)C(=O)CN(c1ccc(C)c(Cl)c1)S(C)(=O)=O. The lowest BCUT2D eigenvalue weighted by Crippen LogP contribution is -2.51. The van der Waals surface area contributed by atoms with E-state index in [2.05, 4.69) is 5.32 Å². The maximum Gasteiger partial charge on any atom is 0.244 e. The van der Waals surface area contributed by atoms with Crippen molar-refractivity contribution in [3.63, 3.8) is 0 Å². The second kappa shape index (κ2) is 11.0. The molecule has 0 aromatic heterocycles. The van der Waals surface area contributed by atoms with Gasteiger partial charge < -0.3 is 10.2 Å². The third-order valence-corrected chi connectivity index (χ3v) is 6.71. The maximum absolute atomic E-state index is 13.3. The van der Waals surface area contributed by atoms with Crippen LogP contribution in [0.5, 0.6) is 0 Å². The zero-order chi connectivity index (χ0) is 24.1. The van der Waals surface area contributed by atoms with Gasteiger partial charge in [-0.3, -0.25) is 13.9 Å². The zero-order valence-electron chi connectivity index (χ0n) is 18.4. The standard InChI is InChI=1S/C22H27Cl2N3O4S/c1-5-25-22(29)16(3)26(13-17-7-9-18(23)10-8-17)21(28)14-27(32(4,30)31)19-11-6-15(2)20(24)12-19/h6-12,16H,5,13-14H2,1-4H3,(H,25,29). The topological polar surface area (TPSA) is 86.8 Å². The molecular weight excluding hydrogens is 473 g/mol. The van der Waals surface area contributed by atoms with Crippen LogP contribution in [0.2, 0.25) is 10.0 Å². The molecule has 10 heteroatoms. The van der Waals surface area contributed by atoms with Gasteiger partial charge in [0.25, 0.3) is 0 Å². The van der Waals surface area contributed by atoms with E-state index in [0.717, 1.165) is 21.7 Å². The summed E-state index contributed by atoms with van der Waals surface area (Å²) in [5, 5.41) is 3.63. The van der Waals surface area contributed by atoms with Crippen LogP contribution in [0.25, 0.3) is 0 Å². The minimum Gasteiger partial charge on any atom is -0.355 e. The van der Waals surface area contributed by atoms with E-state index in [-0.39, 0.29) is 18.1 Å². The van der Waals surface area contributed by atoms with E-state index in [9.17, 15) is 18.0 Å². The number of nitrogens with zero attached hydrogens (tertiary/aromatic N) is 2. The molecule has 1 unspecified atom stereocenters. The molecule has 2 rings (SSSR count). The normalized spacial score (nSPS) is 12.2. The number of aryl methyl sites for hydroxylation is 1. The quantitative estimate of drug-likeness (QED) is 0.570. The van der Waals surface area contributed by atoms with Crippen molar-refractivity contribution in [2.75, 3.05) is 23.7 Å². The zero-order valence-corrected chi connectivity index (χ0v) is 20.8. The van der Waals surface area contributed by atoms with Crippen molar-refractivity contribution in [1.82, 2.24) is 10.2 Å². The highest BCUT2D eigenvalue weighted by Crippen LogP contribution is 2.25. The summed E-state index contributed by atoms with van der Waals surface area (Å²) in [5.41, 5.74) is 1.81. The van der Waals surface area contributed by atoms with Crippen molar-refractivity contribution in [1.29, 1.82) is 0 Å². The minimum atomic E-state index is -3.80. The van der Waals surface area contributed by atoms with Crippen LogP contribution >= 0.6 is 23.2 Å². The summed E-state index contributed by atoms with van der Waals surface area (Å²) in [4.78, 5) is 27.2. The lowest BCUT2D eigenvalue weighted by molar-refractivity contribution is -0.139. The first-order chi connectivity index (χ1) is 14.9. The molecule has 32 heavy (non-hydrogen) atoms. The number of sulfonamides is 1. The van der Waals surface area contributed by atoms with Gasteiger partial charge in [0, 0.05) is 23.1 Å². The predicted octanol–water partition coefficient (Wildman–Crippen LogP) is 3.62. The number of carbonyl (C=O) groups excluding carboxylic acids is 2. The molecule has 7 nitrogen and oxygen atoms in total. The van der Waals surface area contributed by atoms with Gasteiger partial charge in [0.15, 0.2) is 0 Å². The number of amides is 2. The Balaban J connectivity index is 2.39. The third kappa shape index (κ3) is 6.85. The van der Waals surface area contributed by atoms with Crippen molar-refractivity contribution in [3.05, 3.63) is 63.6 Å². The average Bonchev–Trinajstić information content (AvgIpc) is 2.72. The molecule has 2 amide bonds. The molecule has 0 saturated heterocycles. The van der Waals surface area contributed by atoms with Gasteiger partial charge in [-0.25, -0.2) is 8.42 Å². The second-order valence-corrected chi connectivity index (χ2v) is 10.2. The van der Waals surface area contributed by atoms with Crippen LogP contribution in [0, 0.1) is 6.92 Å². The summed E-state index contributed by atoms with van der Waals surface area (Å²) in [6.07, 6.45) is 1.02. The molecule has 0 fully saturated rings. The van der Waals surface area contributed by atoms with Gasteiger partial charge in [0.1, 0.15) is 12.6 Å². The molecular formula is C22H27Cl2N3O4S. The summed E-state index contributed by atoms with van der Waals surface area (Å²) in [5.74, 6) is -0.861. The third-order valence-electron chi connectivity index (χ3n) is 4.91. The average molecular weight is 500 g/mol. The van der Waals surface area contributed by atoms with Crippen molar-refractivity contribution in [3.8, 4) is 0 Å². The lowest BCUT2D eigenvalue weighted by atomic mass is 10.1. The molecule has 0 aliphatic heterocycles. The van der Waals surface area contributed by atoms with Crippen LogP contribution in [-0.4, -0.2) is 50.5 Å². The van der Waals surface area contributed by atoms with Crippen LogP contribution in [0.15, 0.2) is 42.5 Å². The molecule has 0 aliphatic rings. The molecule has 0 aliphatic carbocycles. The Morgan fingerprint density at radius 1 is 1.09 bits per heavy atom. The second-order valence-electron chi connectivity index (χ2n) is 7.42. The van der Waals surface area contributed by atoms with Crippen LogP contribution in [0.3, 0.4) is 0 Å². The number of likely N-dealkylation sites (N-methyl/N-ethyl adjacent to an activating group) is 1. The highest BCUT2D eigenvalue weighted by atomic mass is 35.5. The summed E-state index contributed by atoms with van der Waals surface area (Å²) >= 11 is 12.1. The highest BCUT2D eigenvalue weighted by molar-refractivity contribution is 7.92. The van der Waals surface area contributed by atoms with Crippen molar-refractivity contribution >= 4 is 50.7 Å². The van der Waals surface area contributed by atoms with Gasteiger partial charge in [-0.1, -0.05) is 41.4 Å². The minimum absolute atomic E-state index is 0.112. The molecule has 0 radical (unpaired) electrons. The number of hydrogen-bond donors (Lipinski definition) is 1. The van der Waals surface area contributed by atoms with E-state index >= 15 is 0 Å². The molecule has 174 valence electrons. The Bertz CT molecular complexity index is 1080. The fraction of sp³-hybridized carbons (Fsp3) is 0.364. The van der Waals surface area contributed by atoms with Crippen LogP contribution in [0.4, 0.5) is 5.69 Å². The number of rotatable bonds is 9. The summed E-state index contributed by atoms with van der Waals surface area (Å²) in [6.45, 7) is 5.22. The van der Waals surface area contributed by atoms with Gasteiger partial charge >= 0.3 is 0 Å². The Kier molecular flexibility index (Phi) is 8.95.